The number of benzene rings is 1. The molecule has 0 heterocycles. The van der Waals surface area contributed by atoms with E-state index in [-0.39, 0.29) is 17.4 Å². The minimum absolute atomic E-state index is 0.141. The fourth-order valence-corrected chi connectivity index (χ4v) is 2.49. The molecule has 0 aliphatic rings. The van der Waals surface area contributed by atoms with Crippen LogP contribution in [-0.4, -0.2) is 24.0 Å². The number of rotatable bonds is 5. The molecule has 4 N–H and O–H groups in total. The number of anilines is 1. The lowest BCUT2D eigenvalue weighted by Crippen LogP contribution is -2.35. The molecule has 1 aromatic rings. The fourth-order valence-electron chi connectivity index (χ4n) is 1.58. The number of likely N-dealkylation sites (N-methyl/N-ethyl adjacent to an activating group) is 1. The van der Waals surface area contributed by atoms with Gasteiger partial charge in [-0.05, 0) is 35.0 Å². The summed E-state index contributed by atoms with van der Waals surface area (Å²) in [5.74, 6) is -0.388. The Morgan fingerprint density at radius 2 is 2.12 bits per heavy atom. The quantitative estimate of drug-likeness (QED) is 0.806. The summed E-state index contributed by atoms with van der Waals surface area (Å²) in [5.41, 5.74) is 12.5. The van der Waals surface area contributed by atoms with Crippen LogP contribution in [0.2, 0.25) is 0 Å². The van der Waals surface area contributed by atoms with Gasteiger partial charge >= 0.3 is 0 Å². The van der Waals surface area contributed by atoms with Crippen LogP contribution in [0.15, 0.2) is 22.7 Å². The Hall–Kier alpha value is -1.14. The van der Waals surface area contributed by atoms with Gasteiger partial charge < -0.3 is 16.4 Å². The normalized spacial score (nSPS) is 10.0. The Morgan fingerprint density at radius 1 is 1.47 bits per heavy atom. The maximum Gasteiger partial charge on any atom is 0.236 e. The molecule has 0 saturated heterocycles. The molecule has 0 bridgehead atoms. The molecule has 6 heteroatoms. The molecule has 0 aliphatic carbocycles. The Bertz CT molecular complexity index is 450. The van der Waals surface area contributed by atoms with Gasteiger partial charge in [-0.15, -0.1) is 0 Å². The number of hydrogen-bond donors (Lipinski definition) is 2. The van der Waals surface area contributed by atoms with E-state index in [0.29, 0.717) is 6.54 Å². The van der Waals surface area contributed by atoms with Crippen LogP contribution in [0, 0.1) is 0 Å². The first kappa shape index (κ1) is 13.9. The lowest BCUT2D eigenvalue weighted by atomic mass is 10.1. The molecule has 0 aliphatic heterocycles. The van der Waals surface area contributed by atoms with E-state index < -0.39 is 0 Å². The van der Waals surface area contributed by atoms with Gasteiger partial charge in [0.25, 0.3) is 0 Å². The van der Waals surface area contributed by atoms with Crippen LogP contribution in [-0.2, 0) is 4.79 Å². The number of hydrogen-bond acceptors (Lipinski definition) is 3. The predicted octanol–water partition coefficient (Wildman–Crippen LogP) is 1.39. The van der Waals surface area contributed by atoms with Gasteiger partial charge in [0.05, 0.1) is 6.54 Å². The van der Waals surface area contributed by atoms with Crippen LogP contribution < -0.4 is 16.4 Å². The molecular formula is C11H14BrN3OS. The van der Waals surface area contributed by atoms with Crippen LogP contribution in [0.5, 0.6) is 0 Å². The molecule has 0 saturated carbocycles. The molecule has 1 amide bonds. The highest BCUT2D eigenvalue weighted by Crippen LogP contribution is 2.27. The highest BCUT2D eigenvalue weighted by Gasteiger charge is 2.15. The molecule has 0 radical (unpaired) electrons. The lowest BCUT2D eigenvalue weighted by Gasteiger charge is -2.24. The van der Waals surface area contributed by atoms with Gasteiger partial charge in [-0.3, -0.25) is 4.79 Å². The van der Waals surface area contributed by atoms with Crippen LogP contribution in [0.4, 0.5) is 5.69 Å². The summed E-state index contributed by atoms with van der Waals surface area (Å²) in [5, 5.41) is 0. The Labute approximate surface area is 114 Å². The summed E-state index contributed by atoms with van der Waals surface area (Å²) < 4.78 is 0.811. The van der Waals surface area contributed by atoms with Crippen molar-refractivity contribution in [3.8, 4) is 0 Å². The third kappa shape index (κ3) is 3.41. The molecule has 4 nitrogen and oxygen atoms in total. The number of primary amides is 1. The first-order chi connectivity index (χ1) is 7.97. The average Bonchev–Trinajstić information content (AvgIpc) is 2.24. The molecule has 1 rings (SSSR count). The van der Waals surface area contributed by atoms with Gasteiger partial charge in [-0.2, -0.15) is 0 Å². The lowest BCUT2D eigenvalue weighted by molar-refractivity contribution is -0.116. The minimum Gasteiger partial charge on any atom is -0.389 e. The number of carbonyl (C=O) groups excluding carboxylic acids is 1. The predicted molar refractivity (Wildman–Crippen MR) is 77.1 cm³/mol. The van der Waals surface area contributed by atoms with Crippen molar-refractivity contribution < 1.29 is 4.79 Å². The average molecular weight is 316 g/mol. The first-order valence-corrected chi connectivity index (χ1v) is 6.29. The number of nitrogens with two attached hydrogens (primary N) is 2. The molecule has 0 spiro atoms. The van der Waals surface area contributed by atoms with E-state index in [1.807, 2.05) is 30.0 Å². The number of thiocarbonyl (C=S) groups is 1. The number of halogens is 1. The highest BCUT2D eigenvalue weighted by molar-refractivity contribution is 9.10. The van der Waals surface area contributed by atoms with Crippen molar-refractivity contribution in [2.24, 2.45) is 11.5 Å². The minimum atomic E-state index is -0.388. The molecule has 92 valence electrons. The maximum absolute atomic E-state index is 11.0. The SMILES string of the molecule is CCN(CC(N)=O)c1cccc(Br)c1C(N)=S. The zero-order valence-electron chi connectivity index (χ0n) is 9.44. The topological polar surface area (TPSA) is 72.3 Å². The maximum atomic E-state index is 11.0. The smallest absolute Gasteiger partial charge is 0.236 e. The summed E-state index contributed by atoms with van der Waals surface area (Å²) in [7, 11) is 0. The summed E-state index contributed by atoms with van der Waals surface area (Å²) in [6, 6.07) is 5.59. The standard InChI is InChI=1S/C11H14BrN3OS/c1-2-15(6-9(13)16)8-5-3-4-7(12)10(8)11(14)17/h3-5H,2,6H2,1H3,(H2,13,16)(H2,14,17). The van der Waals surface area contributed by atoms with Crippen molar-refractivity contribution in [3.63, 3.8) is 0 Å². The molecular weight excluding hydrogens is 302 g/mol. The first-order valence-electron chi connectivity index (χ1n) is 5.09. The van der Waals surface area contributed by atoms with Crippen LogP contribution >= 0.6 is 28.1 Å². The van der Waals surface area contributed by atoms with Crippen molar-refractivity contribution in [2.45, 2.75) is 6.92 Å². The van der Waals surface area contributed by atoms with Crippen LogP contribution in [0.1, 0.15) is 12.5 Å². The second-order valence-corrected chi connectivity index (χ2v) is 4.77. The van der Waals surface area contributed by atoms with Crippen molar-refractivity contribution in [1.82, 2.24) is 0 Å². The summed E-state index contributed by atoms with van der Waals surface area (Å²) in [6.45, 7) is 2.73. The van der Waals surface area contributed by atoms with Crippen molar-refractivity contribution in [3.05, 3.63) is 28.2 Å². The molecule has 0 unspecified atom stereocenters. The van der Waals surface area contributed by atoms with E-state index in [0.717, 1.165) is 15.7 Å². The highest BCUT2D eigenvalue weighted by atomic mass is 79.9. The van der Waals surface area contributed by atoms with Gasteiger partial charge in [0.1, 0.15) is 4.99 Å². The van der Waals surface area contributed by atoms with Crippen LogP contribution in [0.3, 0.4) is 0 Å². The van der Waals surface area contributed by atoms with E-state index >= 15 is 0 Å². The van der Waals surface area contributed by atoms with Crippen molar-refractivity contribution in [1.29, 1.82) is 0 Å². The monoisotopic (exact) mass is 315 g/mol. The molecule has 17 heavy (non-hydrogen) atoms. The van der Waals surface area contributed by atoms with Crippen molar-refractivity contribution in [2.75, 3.05) is 18.0 Å². The second kappa shape index (κ2) is 5.97. The second-order valence-electron chi connectivity index (χ2n) is 3.48. The third-order valence-corrected chi connectivity index (χ3v) is 3.17. The van der Waals surface area contributed by atoms with Gasteiger partial charge in [-0.1, -0.05) is 18.3 Å². The summed E-state index contributed by atoms with van der Waals surface area (Å²) >= 11 is 8.42. The largest absolute Gasteiger partial charge is 0.389 e. The van der Waals surface area contributed by atoms with Crippen LogP contribution in [0.25, 0.3) is 0 Å². The third-order valence-electron chi connectivity index (χ3n) is 2.31. The zero-order chi connectivity index (χ0) is 13.0. The summed E-state index contributed by atoms with van der Waals surface area (Å²) in [4.78, 5) is 13.1. The number of carbonyl (C=O) groups is 1. The molecule has 1 aromatic carbocycles. The Morgan fingerprint density at radius 3 is 2.59 bits per heavy atom. The van der Waals surface area contributed by atoms with E-state index in [2.05, 4.69) is 15.9 Å². The van der Waals surface area contributed by atoms with Crippen molar-refractivity contribution >= 4 is 44.7 Å². The number of nitrogens with zero attached hydrogens (tertiary/aromatic N) is 1. The molecule has 0 aromatic heterocycles. The van der Waals surface area contributed by atoms with E-state index in [9.17, 15) is 4.79 Å². The summed E-state index contributed by atoms with van der Waals surface area (Å²) in [6.07, 6.45) is 0. The zero-order valence-corrected chi connectivity index (χ0v) is 11.8. The fraction of sp³-hybridized carbons (Fsp3) is 0.273. The van der Waals surface area contributed by atoms with E-state index in [1.54, 1.807) is 0 Å². The molecule has 0 fully saturated rings. The van der Waals surface area contributed by atoms with Gasteiger partial charge in [-0.25, -0.2) is 0 Å². The van der Waals surface area contributed by atoms with Gasteiger partial charge in [0, 0.05) is 22.3 Å². The van der Waals surface area contributed by atoms with Gasteiger partial charge in [0.2, 0.25) is 5.91 Å². The Kier molecular flexibility index (Phi) is 4.89. The van der Waals surface area contributed by atoms with E-state index in [1.165, 1.54) is 0 Å². The number of amides is 1. The molecule has 0 atom stereocenters. The Balaban J connectivity index is 3.23. The van der Waals surface area contributed by atoms with Gasteiger partial charge in [0.15, 0.2) is 0 Å². The van der Waals surface area contributed by atoms with E-state index in [4.69, 9.17) is 23.7 Å².